The Labute approximate surface area is 111 Å². The van der Waals surface area contributed by atoms with Crippen molar-refractivity contribution in [2.24, 2.45) is 0 Å². The van der Waals surface area contributed by atoms with Crippen molar-refractivity contribution in [2.45, 2.75) is 13.3 Å². The average molecular weight is 257 g/mol. The lowest BCUT2D eigenvalue weighted by atomic mass is 10.1. The molecule has 0 atom stereocenters. The van der Waals surface area contributed by atoms with Crippen LogP contribution in [0.5, 0.6) is 0 Å². The van der Waals surface area contributed by atoms with Crippen molar-refractivity contribution < 1.29 is 9.90 Å². The zero-order valence-corrected chi connectivity index (χ0v) is 10.6. The summed E-state index contributed by atoms with van der Waals surface area (Å²) in [6.45, 7) is 2.36. The van der Waals surface area contributed by atoms with Crippen LogP contribution in [0.25, 0.3) is 11.1 Å². The molecule has 98 valence electrons. The smallest absolute Gasteiger partial charge is 0.305 e. The van der Waals surface area contributed by atoms with Crippen LogP contribution in [0.3, 0.4) is 0 Å². The lowest BCUT2D eigenvalue weighted by Crippen LogP contribution is -2.09. The van der Waals surface area contributed by atoms with E-state index in [1.54, 1.807) is 12.4 Å². The number of aryl methyl sites for hydroxylation is 1. The SMILES string of the molecule is Cc1ccc(-c2cnc(NCCC(=O)O)nc2)cc1. The molecule has 1 aromatic heterocycles. The molecule has 0 unspecified atom stereocenters. The van der Waals surface area contributed by atoms with Crippen LogP contribution in [0.15, 0.2) is 36.7 Å². The third-order valence-electron chi connectivity index (χ3n) is 2.66. The van der Waals surface area contributed by atoms with Gasteiger partial charge in [0.25, 0.3) is 0 Å². The molecule has 0 bridgehead atoms. The van der Waals surface area contributed by atoms with Crippen LogP contribution in [0.4, 0.5) is 5.95 Å². The molecule has 19 heavy (non-hydrogen) atoms. The lowest BCUT2D eigenvalue weighted by molar-refractivity contribution is -0.136. The normalized spacial score (nSPS) is 10.2. The van der Waals surface area contributed by atoms with E-state index in [0.29, 0.717) is 12.5 Å². The van der Waals surface area contributed by atoms with Crippen LogP contribution < -0.4 is 5.32 Å². The van der Waals surface area contributed by atoms with Gasteiger partial charge in [-0.2, -0.15) is 0 Å². The highest BCUT2D eigenvalue weighted by molar-refractivity contribution is 5.67. The third-order valence-corrected chi connectivity index (χ3v) is 2.66. The van der Waals surface area contributed by atoms with Crippen molar-refractivity contribution in [1.29, 1.82) is 0 Å². The Hall–Kier alpha value is -2.43. The third kappa shape index (κ3) is 3.77. The van der Waals surface area contributed by atoms with E-state index >= 15 is 0 Å². The number of anilines is 1. The molecule has 0 aliphatic rings. The minimum Gasteiger partial charge on any atom is -0.481 e. The molecule has 1 heterocycles. The van der Waals surface area contributed by atoms with Gasteiger partial charge in [0.15, 0.2) is 0 Å². The summed E-state index contributed by atoms with van der Waals surface area (Å²) in [7, 11) is 0. The number of hydrogen-bond donors (Lipinski definition) is 2. The molecule has 2 N–H and O–H groups in total. The van der Waals surface area contributed by atoms with Gasteiger partial charge < -0.3 is 10.4 Å². The van der Waals surface area contributed by atoms with Crippen LogP contribution in [0.1, 0.15) is 12.0 Å². The van der Waals surface area contributed by atoms with E-state index in [9.17, 15) is 4.79 Å². The van der Waals surface area contributed by atoms with Gasteiger partial charge >= 0.3 is 5.97 Å². The van der Waals surface area contributed by atoms with Crippen LogP contribution >= 0.6 is 0 Å². The molecule has 0 saturated carbocycles. The first kappa shape index (κ1) is 13.0. The minimum absolute atomic E-state index is 0.0447. The van der Waals surface area contributed by atoms with E-state index in [0.717, 1.165) is 11.1 Å². The summed E-state index contributed by atoms with van der Waals surface area (Å²) >= 11 is 0. The Balaban J connectivity index is 2.02. The highest BCUT2D eigenvalue weighted by Crippen LogP contribution is 2.18. The van der Waals surface area contributed by atoms with E-state index in [1.165, 1.54) is 5.56 Å². The molecular formula is C14H15N3O2. The summed E-state index contributed by atoms with van der Waals surface area (Å²) in [5.74, 6) is -0.402. The molecule has 1 aromatic carbocycles. The second kappa shape index (κ2) is 5.95. The number of aliphatic carboxylic acids is 1. The topological polar surface area (TPSA) is 75.1 Å². The van der Waals surface area contributed by atoms with Crippen LogP contribution in [0, 0.1) is 6.92 Å². The predicted octanol–water partition coefficient (Wildman–Crippen LogP) is 2.34. The van der Waals surface area contributed by atoms with Crippen molar-refractivity contribution in [1.82, 2.24) is 9.97 Å². The van der Waals surface area contributed by atoms with E-state index in [4.69, 9.17) is 5.11 Å². The fourth-order valence-electron chi connectivity index (χ4n) is 1.60. The maximum Gasteiger partial charge on any atom is 0.305 e. The van der Waals surface area contributed by atoms with Crippen molar-refractivity contribution in [3.63, 3.8) is 0 Å². The van der Waals surface area contributed by atoms with E-state index in [-0.39, 0.29) is 6.42 Å². The Morgan fingerprint density at radius 1 is 1.16 bits per heavy atom. The predicted molar refractivity (Wildman–Crippen MR) is 72.9 cm³/mol. The second-order valence-corrected chi connectivity index (χ2v) is 4.23. The highest BCUT2D eigenvalue weighted by Gasteiger charge is 2.01. The molecule has 0 fully saturated rings. The Kier molecular flexibility index (Phi) is 4.07. The van der Waals surface area contributed by atoms with Crippen molar-refractivity contribution in [2.75, 3.05) is 11.9 Å². The van der Waals surface area contributed by atoms with Gasteiger partial charge in [-0.05, 0) is 12.5 Å². The summed E-state index contributed by atoms with van der Waals surface area (Å²) in [6, 6.07) is 8.11. The number of carboxylic acid groups (broad SMARTS) is 1. The van der Waals surface area contributed by atoms with Gasteiger partial charge in [-0.1, -0.05) is 29.8 Å². The zero-order valence-electron chi connectivity index (χ0n) is 10.6. The molecule has 5 heteroatoms. The number of carboxylic acids is 1. The first-order valence-electron chi connectivity index (χ1n) is 6.00. The molecule has 0 saturated heterocycles. The van der Waals surface area contributed by atoms with Gasteiger partial charge in [-0.3, -0.25) is 4.79 Å². The summed E-state index contributed by atoms with van der Waals surface area (Å²) < 4.78 is 0. The zero-order chi connectivity index (χ0) is 13.7. The summed E-state index contributed by atoms with van der Waals surface area (Å²) in [6.07, 6.45) is 3.49. The number of nitrogens with one attached hydrogen (secondary N) is 1. The van der Waals surface area contributed by atoms with Crippen molar-refractivity contribution in [3.8, 4) is 11.1 Å². The molecular weight excluding hydrogens is 242 g/mol. The maximum atomic E-state index is 10.4. The van der Waals surface area contributed by atoms with Gasteiger partial charge in [-0.25, -0.2) is 9.97 Å². The second-order valence-electron chi connectivity index (χ2n) is 4.23. The molecule has 0 spiro atoms. The van der Waals surface area contributed by atoms with E-state index in [1.807, 2.05) is 31.2 Å². The van der Waals surface area contributed by atoms with E-state index in [2.05, 4.69) is 15.3 Å². The molecule has 0 amide bonds. The van der Waals surface area contributed by atoms with Gasteiger partial charge in [0.05, 0.1) is 6.42 Å². The summed E-state index contributed by atoms with van der Waals surface area (Å²) in [5.41, 5.74) is 3.20. The molecule has 2 aromatic rings. The summed E-state index contributed by atoms with van der Waals surface area (Å²) in [4.78, 5) is 18.7. The molecule has 5 nitrogen and oxygen atoms in total. The Morgan fingerprint density at radius 2 is 1.79 bits per heavy atom. The molecule has 0 aliphatic heterocycles. The highest BCUT2D eigenvalue weighted by atomic mass is 16.4. The summed E-state index contributed by atoms with van der Waals surface area (Å²) in [5, 5.41) is 11.4. The standard InChI is InChI=1S/C14H15N3O2/c1-10-2-4-11(5-3-10)12-8-16-14(17-9-12)15-7-6-13(18)19/h2-5,8-9H,6-7H2,1H3,(H,18,19)(H,15,16,17). The monoisotopic (exact) mass is 257 g/mol. The number of aromatic nitrogens is 2. The van der Waals surface area contributed by atoms with Crippen LogP contribution in [-0.2, 0) is 4.79 Å². The fourth-order valence-corrected chi connectivity index (χ4v) is 1.60. The Bertz CT molecular complexity index is 550. The van der Waals surface area contributed by atoms with Gasteiger partial charge in [0.1, 0.15) is 0 Å². The average Bonchev–Trinajstić information content (AvgIpc) is 2.40. The van der Waals surface area contributed by atoms with Gasteiger partial charge in [-0.15, -0.1) is 0 Å². The van der Waals surface area contributed by atoms with Gasteiger partial charge in [0, 0.05) is 24.5 Å². The largest absolute Gasteiger partial charge is 0.481 e. The number of nitrogens with zero attached hydrogens (tertiary/aromatic N) is 2. The van der Waals surface area contributed by atoms with Crippen molar-refractivity contribution >= 4 is 11.9 Å². The number of carbonyl (C=O) groups is 1. The van der Waals surface area contributed by atoms with Crippen molar-refractivity contribution in [3.05, 3.63) is 42.2 Å². The van der Waals surface area contributed by atoms with E-state index < -0.39 is 5.97 Å². The quantitative estimate of drug-likeness (QED) is 0.859. The maximum absolute atomic E-state index is 10.4. The van der Waals surface area contributed by atoms with Crippen LogP contribution in [-0.4, -0.2) is 27.6 Å². The van der Waals surface area contributed by atoms with Crippen LogP contribution in [0.2, 0.25) is 0 Å². The number of benzene rings is 1. The molecule has 2 rings (SSSR count). The number of rotatable bonds is 5. The first-order valence-corrected chi connectivity index (χ1v) is 6.00. The Morgan fingerprint density at radius 3 is 2.37 bits per heavy atom. The molecule has 0 radical (unpaired) electrons. The van der Waals surface area contributed by atoms with Gasteiger partial charge in [0.2, 0.25) is 5.95 Å². The lowest BCUT2D eigenvalue weighted by Gasteiger charge is -2.04. The minimum atomic E-state index is -0.844. The number of hydrogen-bond acceptors (Lipinski definition) is 4. The fraction of sp³-hybridized carbons (Fsp3) is 0.214. The first-order chi connectivity index (χ1) is 9.15. The molecule has 0 aliphatic carbocycles.